The van der Waals surface area contributed by atoms with Gasteiger partial charge in [0.1, 0.15) is 12.4 Å². The fourth-order valence-corrected chi connectivity index (χ4v) is 2.27. The van der Waals surface area contributed by atoms with Crippen LogP contribution in [0.3, 0.4) is 0 Å². The fraction of sp³-hybridized carbons (Fsp3) is 0.308. The van der Waals surface area contributed by atoms with Gasteiger partial charge in [-0.1, -0.05) is 39.7 Å². The van der Waals surface area contributed by atoms with Crippen LogP contribution in [0, 0.1) is 6.92 Å². The molecule has 1 aromatic heterocycles. The molecule has 0 amide bonds. The number of aromatic nitrogens is 2. The molecule has 3 nitrogen and oxygen atoms in total. The lowest BCUT2D eigenvalue weighted by Crippen LogP contribution is -2.03. The van der Waals surface area contributed by atoms with E-state index in [0.717, 1.165) is 22.5 Å². The molecule has 0 unspecified atom stereocenters. The highest BCUT2D eigenvalue weighted by atomic mass is 79.9. The first kappa shape index (κ1) is 13.4. The summed E-state index contributed by atoms with van der Waals surface area (Å²) in [6, 6.07) is 7.96. The van der Waals surface area contributed by atoms with Crippen molar-refractivity contribution in [3.63, 3.8) is 0 Å². The highest BCUT2D eigenvalue weighted by Gasteiger charge is 2.11. The Labute approximate surface area is 120 Å². The van der Waals surface area contributed by atoms with E-state index in [0.29, 0.717) is 11.6 Å². The molecule has 0 spiro atoms. The van der Waals surface area contributed by atoms with E-state index in [4.69, 9.17) is 16.3 Å². The molecule has 0 N–H and O–H groups in total. The summed E-state index contributed by atoms with van der Waals surface area (Å²) in [4.78, 5) is 0. The lowest BCUT2D eigenvalue weighted by atomic mass is 10.2. The minimum Gasteiger partial charge on any atom is -0.487 e. The van der Waals surface area contributed by atoms with Gasteiger partial charge in [0, 0.05) is 12.4 Å². The zero-order valence-corrected chi connectivity index (χ0v) is 12.6. The van der Waals surface area contributed by atoms with Crippen molar-refractivity contribution in [1.29, 1.82) is 0 Å². The van der Waals surface area contributed by atoms with E-state index in [1.54, 1.807) is 4.68 Å². The Morgan fingerprint density at radius 3 is 2.83 bits per heavy atom. The van der Waals surface area contributed by atoms with Crippen molar-refractivity contribution in [3.8, 4) is 5.75 Å². The Bertz CT molecular complexity index is 554. The molecule has 1 aromatic carbocycles. The van der Waals surface area contributed by atoms with Gasteiger partial charge in [-0.05, 0) is 24.6 Å². The van der Waals surface area contributed by atoms with Crippen molar-refractivity contribution >= 4 is 27.5 Å². The Balaban J connectivity index is 2.11. The lowest BCUT2D eigenvalue weighted by molar-refractivity contribution is 0.295. The number of halogens is 2. The molecule has 0 atom stereocenters. The van der Waals surface area contributed by atoms with Crippen LogP contribution in [0.1, 0.15) is 17.0 Å². The molecule has 0 radical (unpaired) electrons. The van der Waals surface area contributed by atoms with Gasteiger partial charge in [0.25, 0.3) is 0 Å². The van der Waals surface area contributed by atoms with Crippen molar-refractivity contribution in [1.82, 2.24) is 9.78 Å². The van der Waals surface area contributed by atoms with Crippen LogP contribution in [0.2, 0.25) is 5.02 Å². The largest absolute Gasteiger partial charge is 0.487 e. The highest BCUT2D eigenvalue weighted by Crippen LogP contribution is 2.22. The molecular weight excluding hydrogens is 316 g/mol. The second-order valence-electron chi connectivity index (χ2n) is 4.04. The Kier molecular flexibility index (Phi) is 4.30. The van der Waals surface area contributed by atoms with Gasteiger partial charge in [-0.2, -0.15) is 5.10 Å². The molecule has 96 valence electrons. The molecule has 0 aliphatic carbocycles. The summed E-state index contributed by atoms with van der Waals surface area (Å²) in [5.41, 5.74) is 2.89. The van der Waals surface area contributed by atoms with Gasteiger partial charge in [0.15, 0.2) is 0 Å². The molecule has 2 aromatic rings. The normalized spacial score (nSPS) is 10.7. The van der Waals surface area contributed by atoms with E-state index in [-0.39, 0.29) is 0 Å². The maximum Gasteiger partial charge on any atom is 0.131 e. The van der Waals surface area contributed by atoms with Crippen LogP contribution in [0.4, 0.5) is 0 Å². The smallest absolute Gasteiger partial charge is 0.131 e. The Morgan fingerprint density at radius 1 is 1.44 bits per heavy atom. The molecule has 0 fully saturated rings. The Morgan fingerprint density at radius 2 is 2.22 bits per heavy atom. The van der Waals surface area contributed by atoms with Gasteiger partial charge in [-0.3, -0.25) is 4.68 Å². The number of ether oxygens (including phenoxy) is 1. The summed E-state index contributed by atoms with van der Waals surface area (Å²) in [7, 11) is 1.87. The SMILES string of the molecule is Cc1nn(C)c(COc2cccc(CBr)c2)c1Cl. The average Bonchev–Trinajstić information content (AvgIpc) is 2.61. The third-order valence-corrected chi connectivity index (χ3v) is 3.83. The molecule has 2 rings (SSSR count). The summed E-state index contributed by atoms with van der Waals surface area (Å²) in [6.45, 7) is 2.30. The van der Waals surface area contributed by atoms with E-state index in [1.165, 1.54) is 5.56 Å². The highest BCUT2D eigenvalue weighted by molar-refractivity contribution is 9.08. The van der Waals surface area contributed by atoms with Crippen LogP contribution >= 0.6 is 27.5 Å². The first-order valence-corrected chi connectivity index (χ1v) is 7.07. The summed E-state index contributed by atoms with van der Waals surface area (Å²) in [6.07, 6.45) is 0. The first-order valence-electron chi connectivity index (χ1n) is 5.57. The lowest BCUT2D eigenvalue weighted by Gasteiger charge is -2.08. The van der Waals surface area contributed by atoms with E-state index in [2.05, 4.69) is 21.0 Å². The molecule has 0 saturated carbocycles. The van der Waals surface area contributed by atoms with Crippen LogP contribution in [-0.2, 0) is 19.0 Å². The summed E-state index contributed by atoms with van der Waals surface area (Å²) in [5.74, 6) is 0.835. The minimum atomic E-state index is 0.419. The third-order valence-electron chi connectivity index (χ3n) is 2.69. The predicted molar refractivity (Wildman–Crippen MR) is 76.4 cm³/mol. The van der Waals surface area contributed by atoms with Gasteiger partial charge < -0.3 is 4.74 Å². The molecule has 0 bridgehead atoms. The van der Waals surface area contributed by atoms with Crippen LogP contribution in [-0.4, -0.2) is 9.78 Å². The summed E-state index contributed by atoms with van der Waals surface area (Å²) in [5, 5.41) is 5.74. The number of alkyl halides is 1. The van der Waals surface area contributed by atoms with Gasteiger partial charge >= 0.3 is 0 Å². The number of aryl methyl sites for hydroxylation is 2. The number of rotatable bonds is 4. The first-order chi connectivity index (χ1) is 8.61. The van der Waals surface area contributed by atoms with E-state index in [1.807, 2.05) is 38.2 Å². The molecular formula is C13H14BrClN2O. The zero-order chi connectivity index (χ0) is 13.1. The summed E-state index contributed by atoms with van der Waals surface area (Å²) < 4.78 is 7.50. The maximum atomic E-state index is 6.17. The van der Waals surface area contributed by atoms with E-state index >= 15 is 0 Å². The van der Waals surface area contributed by atoms with Gasteiger partial charge in [-0.15, -0.1) is 0 Å². The molecule has 1 heterocycles. The molecule has 0 saturated heterocycles. The quantitative estimate of drug-likeness (QED) is 0.797. The van der Waals surface area contributed by atoms with Crippen LogP contribution < -0.4 is 4.74 Å². The average molecular weight is 330 g/mol. The van der Waals surface area contributed by atoms with E-state index in [9.17, 15) is 0 Å². The number of hydrogen-bond acceptors (Lipinski definition) is 2. The van der Waals surface area contributed by atoms with Crippen LogP contribution in [0.25, 0.3) is 0 Å². The molecule has 18 heavy (non-hydrogen) atoms. The number of hydrogen-bond donors (Lipinski definition) is 0. The molecule has 0 aliphatic rings. The third kappa shape index (κ3) is 2.87. The number of benzene rings is 1. The minimum absolute atomic E-state index is 0.419. The Hall–Kier alpha value is -1.000. The van der Waals surface area contributed by atoms with Gasteiger partial charge in [0.05, 0.1) is 16.4 Å². The maximum absolute atomic E-state index is 6.17. The molecule has 0 aliphatic heterocycles. The second kappa shape index (κ2) is 5.76. The van der Waals surface area contributed by atoms with Crippen LogP contribution in [0.15, 0.2) is 24.3 Å². The summed E-state index contributed by atoms with van der Waals surface area (Å²) >= 11 is 9.59. The van der Waals surface area contributed by atoms with Crippen molar-refractivity contribution in [2.45, 2.75) is 18.9 Å². The fourth-order valence-electron chi connectivity index (χ4n) is 1.71. The zero-order valence-electron chi connectivity index (χ0n) is 10.3. The predicted octanol–water partition coefficient (Wildman–Crippen LogP) is 3.86. The van der Waals surface area contributed by atoms with Crippen molar-refractivity contribution in [3.05, 3.63) is 46.2 Å². The molecule has 5 heteroatoms. The van der Waals surface area contributed by atoms with Gasteiger partial charge in [0.2, 0.25) is 0 Å². The van der Waals surface area contributed by atoms with E-state index < -0.39 is 0 Å². The monoisotopic (exact) mass is 328 g/mol. The number of nitrogens with zero attached hydrogens (tertiary/aromatic N) is 2. The topological polar surface area (TPSA) is 27.1 Å². The second-order valence-corrected chi connectivity index (χ2v) is 4.98. The van der Waals surface area contributed by atoms with Crippen LogP contribution in [0.5, 0.6) is 5.75 Å². The van der Waals surface area contributed by atoms with Gasteiger partial charge in [-0.25, -0.2) is 0 Å². The van der Waals surface area contributed by atoms with Crippen molar-refractivity contribution in [2.75, 3.05) is 0 Å². The van der Waals surface area contributed by atoms with Crippen molar-refractivity contribution in [2.24, 2.45) is 7.05 Å². The standard InChI is InChI=1S/C13H14BrClN2O/c1-9-13(15)12(17(2)16-9)8-18-11-5-3-4-10(6-11)7-14/h3-6H,7-8H2,1-2H3. The van der Waals surface area contributed by atoms with Crippen molar-refractivity contribution < 1.29 is 4.74 Å².